The molecule has 19 heavy (non-hydrogen) atoms. The Balaban J connectivity index is 2.39. The van der Waals surface area contributed by atoms with Crippen LogP contribution < -0.4 is 5.73 Å². The van der Waals surface area contributed by atoms with Crippen LogP contribution in [0.5, 0.6) is 0 Å². The molecule has 0 amide bonds. The third-order valence-electron chi connectivity index (χ3n) is 3.35. The highest BCUT2D eigenvalue weighted by Gasteiger charge is 2.14. The molecule has 4 heteroatoms. The highest BCUT2D eigenvalue weighted by molar-refractivity contribution is 5.40. The second-order valence-corrected chi connectivity index (χ2v) is 5.05. The third kappa shape index (κ3) is 5.83. The van der Waals surface area contributed by atoms with E-state index in [1.54, 1.807) is 18.2 Å². The van der Waals surface area contributed by atoms with Gasteiger partial charge in [0.15, 0.2) is 0 Å². The number of nitrogens with two attached hydrogens (primary N) is 1. The summed E-state index contributed by atoms with van der Waals surface area (Å²) < 4.78 is 0. The number of benzene rings is 1. The Hall–Kier alpha value is -1.42. The fourth-order valence-electron chi connectivity index (χ4n) is 2.26. The van der Waals surface area contributed by atoms with E-state index in [0.29, 0.717) is 6.42 Å². The normalized spacial score (nSPS) is 12.3. The van der Waals surface area contributed by atoms with Crippen LogP contribution in [0, 0.1) is 10.1 Å². The van der Waals surface area contributed by atoms with E-state index >= 15 is 0 Å². The monoisotopic (exact) mass is 264 g/mol. The first-order chi connectivity index (χ1) is 9.15. The van der Waals surface area contributed by atoms with Gasteiger partial charge in [-0.1, -0.05) is 57.2 Å². The molecule has 1 atom stereocenters. The largest absolute Gasteiger partial charge is 0.327 e. The van der Waals surface area contributed by atoms with Crippen LogP contribution in [0.4, 0.5) is 5.69 Å². The van der Waals surface area contributed by atoms with Crippen LogP contribution in [-0.2, 0) is 6.42 Å². The molecule has 0 aliphatic carbocycles. The molecule has 0 fully saturated rings. The maximum Gasteiger partial charge on any atom is 0.272 e. The summed E-state index contributed by atoms with van der Waals surface area (Å²) in [4.78, 5) is 10.6. The minimum absolute atomic E-state index is 0.0164. The van der Waals surface area contributed by atoms with E-state index < -0.39 is 0 Å². The third-order valence-corrected chi connectivity index (χ3v) is 3.35. The first-order valence-corrected chi connectivity index (χ1v) is 7.13. The van der Waals surface area contributed by atoms with Crippen molar-refractivity contribution in [3.63, 3.8) is 0 Å². The Morgan fingerprint density at radius 3 is 2.58 bits per heavy atom. The van der Waals surface area contributed by atoms with Crippen molar-refractivity contribution < 1.29 is 4.92 Å². The quantitative estimate of drug-likeness (QED) is 0.418. The van der Waals surface area contributed by atoms with Gasteiger partial charge in [0.25, 0.3) is 5.69 Å². The highest BCUT2D eigenvalue weighted by atomic mass is 16.6. The van der Waals surface area contributed by atoms with Crippen molar-refractivity contribution >= 4 is 5.69 Å². The number of unbranched alkanes of at least 4 members (excludes halogenated alkanes) is 4. The van der Waals surface area contributed by atoms with Crippen LogP contribution in [0.3, 0.4) is 0 Å². The van der Waals surface area contributed by atoms with Gasteiger partial charge in [-0.05, 0) is 12.8 Å². The molecule has 0 heterocycles. The van der Waals surface area contributed by atoms with Gasteiger partial charge in [-0.2, -0.15) is 0 Å². The molecule has 1 rings (SSSR count). The van der Waals surface area contributed by atoms with Gasteiger partial charge in [0.05, 0.1) is 4.92 Å². The molecule has 0 aromatic heterocycles. The average molecular weight is 264 g/mol. The van der Waals surface area contributed by atoms with Crippen molar-refractivity contribution in [1.29, 1.82) is 0 Å². The van der Waals surface area contributed by atoms with Crippen molar-refractivity contribution in [3.8, 4) is 0 Å². The number of hydrogen-bond donors (Lipinski definition) is 1. The Bertz CT molecular complexity index is 393. The second-order valence-electron chi connectivity index (χ2n) is 5.05. The van der Waals surface area contributed by atoms with E-state index in [2.05, 4.69) is 6.92 Å². The van der Waals surface area contributed by atoms with Gasteiger partial charge in [-0.3, -0.25) is 10.1 Å². The van der Waals surface area contributed by atoms with Crippen molar-refractivity contribution in [2.45, 2.75) is 57.9 Å². The SMILES string of the molecule is CCCCCCCC(N)Cc1ccccc1[N+](=O)[O-]. The van der Waals surface area contributed by atoms with Crippen LogP contribution in [0.25, 0.3) is 0 Å². The van der Waals surface area contributed by atoms with Gasteiger partial charge in [0.1, 0.15) is 0 Å². The second kappa shape index (κ2) is 8.64. The topological polar surface area (TPSA) is 69.2 Å². The van der Waals surface area contributed by atoms with Crippen LogP contribution in [0.1, 0.15) is 51.0 Å². The smallest absolute Gasteiger partial charge is 0.272 e. The number of hydrogen-bond acceptors (Lipinski definition) is 3. The molecule has 0 aliphatic rings. The van der Waals surface area contributed by atoms with Gasteiger partial charge in [-0.15, -0.1) is 0 Å². The predicted molar refractivity (Wildman–Crippen MR) is 78.2 cm³/mol. The van der Waals surface area contributed by atoms with Gasteiger partial charge in [-0.25, -0.2) is 0 Å². The fourth-order valence-corrected chi connectivity index (χ4v) is 2.26. The minimum Gasteiger partial charge on any atom is -0.327 e. The van der Waals surface area contributed by atoms with Gasteiger partial charge >= 0.3 is 0 Å². The Morgan fingerprint density at radius 1 is 1.21 bits per heavy atom. The molecular formula is C15H24N2O2. The lowest BCUT2D eigenvalue weighted by Gasteiger charge is -2.11. The molecule has 0 saturated carbocycles. The zero-order valence-corrected chi connectivity index (χ0v) is 11.7. The van der Waals surface area contributed by atoms with E-state index in [9.17, 15) is 10.1 Å². The number of nitrogens with zero attached hydrogens (tertiary/aromatic N) is 1. The number of rotatable bonds is 9. The maximum atomic E-state index is 10.9. The van der Waals surface area contributed by atoms with Crippen LogP contribution >= 0.6 is 0 Å². The summed E-state index contributed by atoms with van der Waals surface area (Å²) in [6, 6.07) is 6.88. The summed E-state index contributed by atoms with van der Waals surface area (Å²) >= 11 is 0. The zero-order chi connectivity index (χ0) is 14.1. The predicted octanol–water partition coefficient (Wildman–Crippen LogP) is 3.83. The molecule has 1 aromatic rings. The molecule has 0 spiro atoms. The summed E-state index contributed by atoms with van der Waals surface area (Å²) in [6.07, 6.45) is 7.62. The van der Waals surface area contributed by atoms with Crippen molar-refractivity contribution in [1.82, 2.24) is 0 Å². The van der Waals surface area contributed by atoms with E-state index in [1.807, 2.05) is 6.07 Å². The van der Waals surface area contributed by atoms with Gasteiger partial charge in [0, 0.05) is 17.7 Å². The minimum atomic E-state index is -0.330. The number of nitro benzene ring substituents is 1. The lowest BCUT2D eigenvalue weighted by atomic mass is 9.99. The van der Waals surface area contributed by atoms with Gasteiger partial charge in [0.2, 0.25) is 0 Å². The van der Waals surface area contributed by atoms with E-state index in [1.165, 1.54) is 25.7 Å². The summed E-state index contributed by atoms with van der Waals surface area (Å²) in [5, 5.41) is 10.9. The first-order valence-electron chi connectivity index (χ1n) is 7.13. The molecular weight excluding hydrogens is 240 g/mol. The Labute approximate surface area is 115 Å². The Kier molecular flexibility index (Phi) is 7.11. The summed E-state index contributed by atoms with van der Waals surface area (Å²) in [5.41, 5.74) is 7.00. The molecule has 0 bridgehead atoms. The summed E-state index contributed by atoms with van der Waals surface area (Å²) in [5.74, 6) is 0. The maximum absolute atomic E-state index is 10.9. The van der Waals surface area contributed by atoms with E-state index in [0.717, 1.165) is 18.4 Å². The molecule has 0 radical (unpaired) electrons. The average Bonchev–Trinajstić information content (AvgIpc) is 2.39. The molecule has 0 aliphatic heterocycles. The first kappa shape index (κ1) is 15.6. The van der Waals surface area contributed by atoms with Crippen molar-refractivity contribution in [2.75, 3.05) is 0 Å². The number of para-hydroxylation sites is 1. The summed E-state index contributed by atoms with van der Waals surface area (Å²) in [7, 11) is 0. The van der Waals surface area contributed by atoms with Crippen molar-refractivity contribution in [3.05, 3.63) is 39.9 Å². The molecule has 4 nitrogen and oxygen atoms in total. The highest BCUT2D eigenvalue weighted by Crippen LogP contribution is 2.20. The molecule has 1 aromatic carbocycles. The van der Waals surface area contributed by atoms with Crippen LogP contribution in [0.15, 0.2) is 24.3 Å². The number of nitro groups is 1. The molecule has 1 unspecified atom stereocenters. The lowest BCUT2D eigenvalue weighted by molar-refractivity contribution is -0.385. The standard InChI is InChI=1S/C15H24N2O2/c1-2-3-4-5-6-10-14(16)12-13-9-7-8-11-15(13)17(18)19/h7-9,11,14H,2-6,10,12,16H2,1H3. The fraction of sp³-hybridized carbons (Fsp3) is 0.600. The van der Waals surface area contributed by atoms with Crippen molar-refractivity contribution in [2.24, 2.45) is 5.73 Å². The molecule has 2 N–H and O–H groups in total. The molecule has 0 saturated heterocycles. The van der Waals surface area contributed by atoms with Gasteiger partial charge < -0.3 is 5.73 Å². The van der Waals surface area contributed by atoms with E-state index in [4.69, 9.17) is 5.73 Å². The van der Waals surface area contributed by atoms with Crippen LogP contribution in [0.2, 0.25) is 0 Å². The summed E-state index contributed by atoms with van der Waals surface area (Å²) in [6.45, 7) is 2.19. The molecule has 106 valence electrons. The lowest BCUT2D eigenvalue weighted by Crippen LogP contribution is -2.23. The zero-order valence-electron chi connectivity index (χ0n) is 11.7. The van der Waals surface area contributed by atoms with Crippen LogP contribution in [-0.4, -0.2) is 11.0 Å². The van der Waals surface area contributed by atoms with E-state index in [-0.39, 0.29) is 16.7 Å². The Morgan fingerprint density at radius 2 is 1.89 bits per heavy atom.